The van der Waals surface area contributed by atoms with Gasteiger partial charge in [-0.3, -0.25) is 4.79 Å². The minimum absolute atomic E-state index is 0.0665. The number of carbonyl (C=O) groups is 2. The molecule has 2 bridgehead atoms. The van der Waals surface area contributed by atoms with Gasteiger partial charge >= 0.3 is 6.09 Å². The van der Waals surface area contributed by atoms with Crippen LogP contribution >= 0.6 is 0 Å². The molecule has 108 valence electrons. The average Bonchev–Trinajstić information content (AvgIpc) is 3.22. The highest BCUT2D eigenvalue weighted by Crippen LogP contribution is 2.53. The molecule has 0 aromatic heterocycles. The number of cyclic esters (lactones) is 1. The molecule has 4 heteroatoms. The van der Waals surface area contributed by atoms with E-state index in [1.807, 2.05) is 18.2 Å². The summed E-state index contributed by atoms with van der Waals surface area (Å²) < 4.78 is 4.92. The van der Waals surface area contributed by atoms with Crippen LogP contribution in [0.1, 0.15) is 17.9 Å². The number of ether oxygens (including phenoxy) is 1. The first-order valence-corrected chi connectivity index (χ1v) is 7.47. The Morgan fingerprint density at radius 1 is 1.14 bits per heavy atom. The average molecular weight is 283 g/mol. The van der Waals surface area contributed by atoms with E-state index in [0.29, 0.717) is 19.1 Å². The number of carbonyl (C=O) groups excluding carboxylic acids is 2. The highest BCUT2D eigenvalue weighted by molar-refractivity contribution is 5.95. The second kappa shape index (κ2) is 4.72. The molecule has 2 amide bonds. The molecular formula is C17H17NO3. The first kappa shape index (κ1) is 12.6. The molecule has 2 aliphatic carbocycles. The Morgan fingerprint density at radius 3 is 2.62 bits per heavy atom. The monoisotopic (exact) mass is 283 g/mol. The van der Waals surface area contributed by atoms with E-state index in [-0.39, 0.29) is 23.7 Å². The first-order valence-electron chi connectivity index (χ1n) is 7.47. The van der Waals surface area contributed by atoms with Crippen LogP contribution in [0.5, 0.6) is 0 Å². The van der Waals surface area contributed by atoms with Crippen molar-refractivity contribution in [3.8, 4) is 0 Å². The van der Waals surface area contributed by atoms with Crippen molar-refractivity contribution in [3.05, 3.63) is 48.0 Å². The summed E-state index contributed by atoms with van der Waals surface area (Å²) in [5.74, 6) is 0.643. The summed E-state index contributed by atoms with van der Waals surface area (Å²) in [5, 5.41) is 0. The Hall–Kier alpha value is -2.10. The van der Waals surface area contributed by atoms with Gasteiger partial charge in [0.15, 0.2) is 0 Å². The zero-order chi connectivity index (χ0) is 14.4. The molecule has 2 fully saturated rings. The van der Waals surface area contributed by atoms with E-state index in [0.717, 1.165) is 6.42 Å². The van der Waals surface area contributed by atoms with E-state index in [2.05, 4.69) is 24.3 Å². The van der Waals surface area contributed by atoms with Crippen molar-refractivity contribution in [2.75, 3.05) is 13.2 Å². The van der Waals surface area contributed by atoms with Gasteiger partial charge in [0.05, 0.1) is 12.5 Å². The molecule has 1 aromatic carbocycles. The maximum atomic E-state index is 12.8. The second-order valence-corrected chi connectivity index (χ2v) is 6.01. The van der Waals surface area contributed by atoms with Gasteiger partial charge in [-0.25, -0.2) is 9.69 Å². The van der Waals surface area contributed by atoms with Gasteiger partial charge < -0.3 is 4.74 Å². The molecular weight excluding hydrogens is 266 g/mol. The second-order valence-electron chi connectivity index (χ2n) is 6.01. The number of hydrogen-bond acceptors (Lipinski definition) is 3. The van der Waals surface area contributed by atoms with Crippen molar-refractivity contribution in [2.24, 2.45) is 17.8 Å². The third-order valence-electron chi connectivity index (χ3n) is 4.96. The number of allylic oxidation sites excluding steroid dienone is 2. The van der Waals surface area contributed by atoms with Gasteiger partial charge in [-0.05, 0) is 23.8 Å². The number of amides is 2. The minimum Gasteiger partial charge on any atom is -0.447 e. The molecule has 3 aliphatic rings. The van der Waals surface area contributed by atoms with Crippen molar-refractivity contribution in [3.63, 3.8) is 0 Å². The van der Waals surface area contributed by atoms with Crippen molar-refractivity contribution in [1.82, 2.24) is 4.90 Å². The Kier molecular flexibility index (Phi) is 2.84. The number of nitrogens with zero attached hydrogens (tertiary/aromatic N) is 1. The molecule has 0 spiro atoms. The van der Waals surface area contributed by atoms with E-state index in [9.17, 15) is 9.59 Å². The standard InChI is InChI=1S/C17H17NO3/c19-16(18-8-9-21-17(18)20)15-13-7-6-12(10-13)14(15)11-4-2-1-3-5-11/h1-7,12-15H,8-10H2. The molecule has 1 saturated carbocycles. The lowest BCUT2D eigenvalue weighted by Gasteiger charge is -2.29. The SMILES string of the molecule is O=C1OCCN1C(=O)C1C2C=CC(C2)C1c1ccccc1. The molecule has 0 N–H and O–H groups in total. The number of imide groups is 1. The number of benzene rings is 1. The van der Waals surface area contributed by atoms with Crippen molar-refractivity contribution < 1.29 is 14.3 Å². The van der Waals surface area contributed by atoms with E-state index in [4.69, 9.17) is 4.74 Å². The third kappa shape index (κ3) is 1.89. The number of rotatable bonds is 2. The largest absolute Gasteiger partial charge is 0.447 e. The molecule has 4 rings (SSSR count). The summed E-state index contributed by atoms with van der Waals surface area (Å²) >= 11 is 0. The molecule has 1 saturated heterocycles. The molecule has 1 aliphatic heterocycles. The maximum absolute atomic E-state index is 12.8. The quantitative estimate of drug-likeness (QED) is 0.784. The molecule has 4 atom stereocenters. The zero-order valence-electron chi connectivity index (χ0n) is 11.6. The topological polar surface area (TPSA) is 46.6 Å². The van der Waals surface area contributed by atoms with Crippen LogP contribution in [-0.2, 0) is 9.53 Å². The van der Waals surface area contributed by atoms with Crippen LogP contribution in [0, 0.1) is 17.8 Å². The summed E-state index contributed by atoms with van der Waals surface area (Å²) in [7, 11) is 0. The lowest BCUT2D eigenvalue weighted by atomic mass is 9.78. The van der Waals surface area contributed by atoms with E-state index in [1.54, 1.807) is 0 Å². The van der Waals surface area contributed by atoms with E-state index in [1.165, 1.54) is 10.5 Å². The first-order chi connectivity index (χ1) is 10.3. The maximum Gasteiger partial charge on any atom is 0.416 e. The van der Waals surface area contributed by atoms with E-state index < -0.39 is 6.09 Å². The molecule has 4 nitrogen and oxygen atoms in total. The predicted molar refractivity (Wildman–Crippen MR) is 76.5 cm³/mol. The lowest BCUT2D eigenvalue weighted by molar-refractivity contribution is -0.133. The fraction of sp³-hybridized carbons (Fsp3) is 0.412. The summed E-state index contributed by atoms with van der Waals surface area (Å²) in [5.41, 5.74) is 1.19. The molecule has 1 aromatic rings. The van der Waals surface area contributed by atoms with Crippen molar-refractivity contribution in [1.29, 1.82) is 0 Å². The van der Waals surface area contributed by atoms with Gasteiger partial charge in [-0.15, -0.1) is 0 Å². The zero-order valence-corrected chi connectivity index (χ0v) is 11.6. The van der Waals surface area contributed by atoms with Crippen LogP contribution in [-0.4, -0.2) is 30.1 Å². The van der Waals surface area contributed by atoms with Gasteiger partial charge in [0.1, 0.15) is 6.61 Å². The van der Waals surface area contributed by atoms with Crippen LogP contribution in [0.2, 0.25) is 0 Å². The normalized spacial score (nSPS) is 33.5. The Balaban J connectivity index is 1.68. The molecule has 21 heavy (non-hydrogen) atoms. The number of hydrogen-bond donors (Lipinski definition) is 0. The highest BCUT2D eigenvalue weighted by Gasteiger charge is 2.51. The van der Waals surface area contributed by atoms with Crippen LogP contribution in [0.25, 0.3) is 0 Å². The summed E-state index contributed by atoms with van der Waals surface area (Å²) in [4.78, 5) is 25.8. The Bertz CT molecular complexity index is 610. The minimum atomic E-state index is -0.487. The van der Waals surface area contributed by atoms with Crippen LogP contribution in [0.15, 0.2) is 42.5 Å². The smallest absolute Gasteiger partial charge is 0.416 e. The third-order valence-corrected chi connectivity index (χ3v) is 4.96. The van der Waals surface area contributed by atoms with Gasteiger partial charge in [0.25, 0.3) is 0 Å². The molecule has 0 radical (unpaired) electrons. The number of fused-ring (bicyclic) bond motifs is 2. The van der Waals surface area contributed by atoms with Gasteiger partial charge in [-0.1, -0.05) is 42.5 Å². The molecule has 4 unspecified atom stereocenters. The predicted octanol–water partition coefficient (Wildman–Crippen LogP) is 2.57. The van der Waals surface area contributed by atoms with Crippen LogP contribution in [0.4, 0.5) is 4.79 Å². The van der Waals surface area contributed by atoms with E-state index >= 15 is 0 Å². The fourth-order valence-corrected chi connectivity index (χ4v) is 4.06. The Labute approximate surface area is 123 Å². The summed E-state index contributed by atoms with van der Waals surface area (Å²) in [6.45, 7) is 0.702. The van der Waals surface area contributed by atoms with Gasteiger partial charge in [0.2, 0.25) is 5.91 Å². The van der Waals surface area contributed by atoms with Crippen molar-refractivity contribution >= 4 is 12.0 Å². The van der Waals surface area contributed by atoms with Crippen LogP contribution in [0.3, 0.4) is 0 Å². The summed E-state index contributed by atoms with van der Waals surface area (Å²) in [6, 6.07) is 10.2. The van der Waals surface area contributed by atoms with Crippen LogP contribution < -0.4 is 0 Å². The molecule has 1 heterocycles. The fourth-order valence-electron chi connectivity index (χ4n) is 4.06. The Morgan fingerprint density at radius 2 is 1.90 bits per heavy atom. The van der Waals surface area contributed by atoms with Gasteiger partial charge in [0, 0.05) is 5.92 Å². The summed E-state index contributed by atoms with van der Waals surface area (Å²) in [6.07, 6.45) is 4.90. The van der Waals surface area contributed by atoms with Crippen molar-refractivity contribution in [2.45, 2.75) is 12.3 Å². The highest BCUT2D eigenvalue weighted by atomic mass is 16.6. The van der Waals surface area contributed by atoms with Gasteiger partial charge in [-0.2, -0.15) is 0 Å². The lowest BCUT2D eigenvalue weighted by Crippen LogP contribution is -2.40.